The van der Waals surface area contributed by atoms with Crippen molar-refractivity contribution in [2.75, 3.05) is 39.9 Å². The summed E-state index contributed by atoms with van der Waals surface area (Å²) in [6, 6.07) is 4.38. The molecule has 0 spiro atoms. The summed E-state index contributed by atoms with van der Waals surface area (Å²) in [6.07, 6.45) is 2.26. The van der Waals surface area contributed by atoms with E-state index in [4.69, 9.17) is 9.26 Å². The van der Waals surface area contributed by atoms with Crippen molar-refractivity contribution in [2.45, 2.75) is 38.6 Å². The summed E-state index contributed by atoms with van der Waals surface area (Å²) in [7, 11) is 1.86. The fourth-order valence-corrected chi connectivity index (χ4v) is 4.75. The lowest BCUT2D eigenvalue weighted by molar-refractivity contribution is -0.137. The van der Waals surface area contributed by atoms with Gasteiger partial charge in [-0.25, -0.2) is 0 Å². The van der Waals surface area contributed by atoms with E-state index in [1.807, 2.05) is 18.4 Å². The van der Waals surface area contributed by atoms with Crippen LogP contribution >= 0.6 is 11.3 Å². The minimum atomic E-state index is 0.0904. The normalized spacial score (nSPS) is 18.9. The van der Waals surface area contributed by atoms with Crippen LogP contribution in [0.4, 0.5) is 0 Å². The Balaban J connectivity index is 1.21. The predicted octanol–water partition coefficient (Wildman–Crippen LogP) is 2.47. The standard InChI is InChI=1S/C20H28N4O3S/c1-14-3-4-17(28-14)13-24-11-16(12-24)19-21-18(22-27-19)5-8-23(2)20(25)15-6-9-26-10-7-15/h3-4,15-16H,5-13H2,1-2H3. The minimum Gasteiger partial charge on any atom is -0.381 e. The molecule has 0 N–H and O–H groups in total. The molecule has 4 rings (SSSR count). The Morgan fingerprint density at radius 2 is 2.11 bits per heavy atom. The van der Waals surface area contributed by atoms with Crippen molar-refractivity contribution in [3.63, 3.8) is 0 Å². The van der Waals surface area contributed by atoms with E-state index in [0.29, 0.717) is 37.9 Å². The summed E-state index contributed by atoms with van der Waals surface area (Å²) in [5, 5.41) is 4.11. The highest BCUT2D eigenvalue weighted by atomic mass is 32.1. The molecule has 152 valence electrons. The maximum Gasteiger partial charge on any atom is 0.232 e. The van der Waals surface area contributed by atoms with Gasteiger partial charge in [0.15, 0.2) is 5.82 Å². The smallest absolute Gasteiger partial charge is 0.232 e. The first-order valence-corrected chi connectivity index (χ1v) is 10.8. The molecule has 2 aromatic heterocycles. The number of hydrogen-bond acceptors (Lipinski definition) is 7. The molecule has 28 heavy (non-hydrogen) atoms. The monoisotopic (exact) mass is 404 g/mol. The van der Waals surface area contributed by atoms with Crippen LogP contribution in [0.3, 0.4) is 0 Å². The molecule has 2 saturated heterocycles. The summed E-state index contributed by atoms with van der Waals surface area (Å²) < 4.78 is 10.8. The minimum absolute atomic E-state index is 0.0904. The summed E-state index contributed by atoms with van der Waals surface area (Å²) in [5.41, 5.74) is 0. The van der Waals surface area contributed by atoms with Gasteiger partial charge in [0, 0.05) is 68.5 Å². The van der Waals surface area contributed by atoms with Crippen molar-refractivity contribution in [1.82, 2.24) is 19.9 Å². The second kappa shape index (κ2) is 8.71. The second-order valence-corrected chi connectivity index (χ2v) is 9.22. The second-order valence-electron chi connectivity index (χ2n) is 7.85. The Kier molecular flexibility index (Phi) is 6.08. The number of ether oxygens (including phenoxy) is 1. The Labute approximate surface area is 169 Å². The number of amides is 1. The van der Waals surface area contributed by atoms with Crippen LogP contribution in [0.1, 0.15) is 40.2 Å². The third-order valence-corrected chi connectivity index (χ3v) is 6.57. The number of aromatic nitrogens is 2. The van der Waals surface area contributed by atoms with E-state index >= 15 is 0 Å². The first-order valence-electron chi connectivity index (χ1n) is 10.0. The van der Waals surface area contributed by atoms with Gasteiger partial charge in [-0.05, 0) is 31.9 Å². The van der Waals surface area contributed by atoms with Gasteiger partial charge in [-0.2, -0.15) is 4.98 Å². The topological polar surface area (TPSA) is 71.7 Å². The average Bonchev–Trinajstić information content (AvgIpc) is 3.31. The number of carbonyl (C=O) groups excluding carboxylic acids is 1. The van der Waals surface area contributed by atoms with Crippen LogP contribution in [0, 0.1) is 12.8 Å². The number of likely N-dealkylation sites (N-methyl/N-ethyl adjacent to an activating group) is 1. The molecule has 2 aromatic rings. The van der Waals surface area contributed by atoms with Gasteiger partial charge < -0.3 is 14.2 Å². The van der Waals surface area contributed by atoms with E-state index in [2.05, 4.69) is 34.1 Å². The number of likely N-dealkylation sites (tertiary alicyclic amines) is 1. The zero-order valence-corrected chi connectivity index (χ0v) is 17.4. The van der Waals surface area contributed by atoms with Gasteiger partial charge in [0.1, 0.15) is 0 Å². The third kappa shape index (κ3) is 4.61. The molecule has 0 bridgehead atoms. The van der Waals surface area contributed by atoms with Crippen LogP contribution in [0.2, 0.25) is 0 Å². The highest BCUT2D eigenvalue weighted by Gasteiger charge is 2.32. The fourth-order valence-electron chi connectivity index (χ4n) is 3.81. The number of nitrogens with zero attached hydrogens (tertiary/aromatic N) is 4. The number of rotatable bonds is 7. The van der Waals surface area contributed by atoms with Crippen molar-refractivity contribution >= 4 is 17.2 Å². The van der Waals surface area contributed by atoms with Crippen LogP contribution in [-0.4, -0.2) is 65.7 Å². The summed E-state index contributed by atoms with van der Waals surface area (Å²) in [6.45, 7) is 7.04. The first kappa shape index (κ1) is 19.5. The average molecular weight is 405 g/mol. The van der Waals surface area contributed by atoms with E-state index in [0.717, 1.165) is 38.4 Å². The molecule has 4 heterocycles. The molecule has 0 unspecified atom stereocenters. The van der Waals surface area contributed by atoms with E-state index in [1.165, 1.54) is 9.75 Å². The highest BCUT2D eigenvalue weighted by molar-refractivity contribution is 7.11. The van der Waals surface area contributed by atoms with Crippen LogP contribution in [0.25, 0.3) is 0 Å². The number of carbonyl (C=O) groups is 1. The number of hydrogen-bond donors (Lipinski definition) is 0. The van der Waals surface area contributed by atoms with Gasteiger partial charge in [-0.1, -0.05) is 5.16 Å². The fraction of sp³-hybridized carbons (Fsp3) is 0.650. The Bertz CT molecular complexity index is 793. The Hall–Kier alpha value is -1.77. The van der Waals surface area contributed by atoms with Crippen LogP contribution < -0.4 is 0 Å². The van der Waals surface area contributed by atoms with Gasteiger partial charge in [0.05, 0.1) is 5.92 Å². The van der Waals surface area contributed by atoms with Gasteiger partial charge in [-0.15, -0.1) is 11.3 Å². The van der Waals surface area contributed by atoms with E-state index in [9.17, 15) is 4.79 Å². The number of aryl methyl sites for hydroxylation is 1. The summed E-state index contributed by atoms with van der Waals surface area (Å²) in [5.74, 6) is 2.03. The van der Waals surface area contributed by atoms with Crippen LogP contribution in [0.5, 0.6) is 0 Å². The van der Waals surface area contributed by atoms with Crippen molar-refractivity contribution in [3.05, 3.63) is 33.6 Å². The Morgan fingerprint density at radius 3 is 2.82 bits per heavy atom. The van der Waals surface area contributed by atoms with Crippen LogP contribution in [-0.2, 0) is 22.5 Å². The van der Waals surface area contributed by atoms with E-state index in [-0.39, 0.29) is 11.8 Å². The molecule has 7 nitrogen and oxygen atoms in total. The zero-order chi connectivity index (χ0) is 19.5. The molecule has 8 heteroatoms. The molecular weight excluding hydrogens is 376 g/mol. The maximum absolute atomic E-state index is 12.5. The molecule has 2 aliphatic heterocycles. The van der Waals surface area contributed by atoms with Gasteiger partial charge in [0.2, 0.25) is 11.8 Å². The molecule has 0 saturated carbocycles. The zero-order valence-electron chi connectivity index (χ0n) is 16.6. The highest BCUT2D eigenvalue weighted by Crippen LogP contribution is 2.28. The summed E-state index contributed by atoms with van der Waals surface area (Å²) in [4.78, 5) is 24.0. The third-order valence-electron chi connectivity index (χ3n) is 5.58. The largest absolute Gasteiger partial charge is 0.381 e. The van der Waals surface area contributed by atoms with Crippen molar-refractivity contribution in [3.8, 4) is 0 Å². The maximum atomic E-state index is 12.5. The van der Waals surface area contributed by atoms with Gasteiger partial charge in [0.25, 0.3) is 0 Å². The molecule has 2 fully saturated rings. The molecule has 0 aliphatic carbocycles. The van der Waals surface area contributed by atoms with E-state index in [1.54, 1.807) is 4.90 Å². The Morgan fingerprint density at radius 1 is 1.32 bits per heavy atom. The lowest BCUT2D eigenvalue weighted by Gasteiger charge is -2.36. The molecule has 2 aliphatic rings. The van der Waals surface area contributed by atoms with Crippen molar-refractivity contribution < 1.29 is 14.1 Å². The lowest BCUT2D eigenvalue weighted by atomic mass is 9.99. The van der Waals surface area contributed by atoms with E-state index < -0.39 is 0 Å². The number of thiophene rings is 1. The molecule has 0 atom stereocenters. The predicted molar refractivity (Wildman–Crippen MR) is 106 cm³/mol. The first-order chi connectivity index (χ1) is 13.6. The molecule has 0 radical (unpaired) electrons. The molecule has 0 aromatic carbocycles. The SMILES string of the molecule is Cc1ccc(CN2CC(c3nc(CCN(C)C(=O)C4CCOCC4)no3)C2)s1. The lowest BCUT2D eigenvalue weighted by Crippen LogP contribution is -2.44. The van der Waals surface area contributed by atoms with Gasteiger partial charge >= 0.3 is 0 Å². The van der Waals surface area contributed by atoms with Crippen LogP contribution in [0.15, 0.2) is 16.7 Å². The summed E-state index contributed by atoms with van der Waals surface area (Å²) >= 11 is 1.86. The quantitative estimate of drug-likeness (QED) is 0.706. The molecular formula is C20H28N4O3S. The molecule has 1 amide bonds. The van der Waals surface area contributed by atoms with Crippen molar-refractivity contribution in [2.24, 2.45) is 5.92 Å². The van der Waals surface area contributed by atoms with Crippen molar-refractivity contribution in [1.29, 1.82) is 0 Å². The van der Waals surface area contributed by atoms with Gasteiger partial charge in [-0.3, -0.25) is 9.69 Å².